The van der Waals surface area contributed by atoms with Crippen LogP contribution in [0, 0.1) is 12.5 Å². The summed E-state index contributed by atoms with van der Waals surface area (Å²) in [5, 5.41) is 9.13. The number of allylic oxidation sites excluding steroid dienone is 1. The van der Waals surface area contributed by atoms with Crippen molar-refractivity contribution in [1.82, 2.24) is 34.5 Å². The highest BCUT2D eigenvalue weighted by molar-refractivity contribution is 7.87. The molecule has 3 aromatic rings. The van der Waals surface area contributed by atoms with Gasteiger partial charge in [-0.2, -0.15) is 8.42 Å². The number of hydrogen-bond donors (Lipinski definition) is 3. The van der Waals surface area contributed by atoms with E-state index in [1.807, 2.05) is 17.5 Å². The van der Waals surface area contributed by atoms with Crippen molar-refractivity contribution in [1.29, 1.82) is 0 Å². The molecule has 4 atom stereocenters. The Hall–Kier alpha value is -4.50. The van der Waals surface area contributed by atoms with E-state index in [9.17, 15) is 22.8 Å². The maximum absolute atomic E-state index is 14.1. The fraction of sp³-hybridized carbons (Fsp3) is 0.514. The molecule has 1 saturated heterocycles. The number of pyridine rings is 1. The number of carbonyl (C=O) groups excluding carboxylic acids is 3. The van der Waals surface area contributed by atoms with Crippen molar-refractivity contribution < 1.29 is 32.3 Å². The van der Waals surface area contributed by atoms with Gasteiger partial charge in [0, 0.05) is 55.7 Å². The summed E-state index contributed by atoms with van der Waals surface area (Å²) in [6.07, 6.45) is 6.02. The van der Waals surface area contributed by atoms with Crippen molar-refractivity contribution in [2.75, 3.05) is 33.9 Å². The molecule has 294 valence electrons. The Morgan fingerprint density at radius 2 is 2.00 bits per heavy atom. The molecule has 3 N–H and O–H groups in total. The number of fused-ring (bicyclic) bond motifs is 2. The first-order valence-corrected chi connectivity index (χ1v) is 20.9. The molecule has 1 saturated carbocycles. The van der Waals surface area contributed by atoms with E-state index in [0.29, 0.717) is 70.4 Å². The smallest absolute Gasteiger partial charge is 0.317 e. The van der Waals surface area contributed by atoms with E-state index in [2.05, 4.69) is 34.0 Å². The lowest BCUT2D eigenvalue weighted by atomic mass is 10.1. The monoisotopic (exact) mass is 812 g/mol. The topological polar surface area (TPSA) is 177 Å². The van der Waals surface area contributed by atoms with Crippen molar-refractivity contribution in [2.45, 2.75) is 82.5 Å². The summed E-state index contributed by atoms with van der Waals surface area (Å²) in [7, 11) is -1.21. The summed E-state index contributed by atoms with van der Waals surface area (Å²) >= 11 is 8.18. The zero-order valence-corrected chi connectivity index (χ0v) is 33.5. The summed E-state index contributed by atoms with van der Waals surface area (Å²) in [6.45, 7) is 12.0. The maximum atomic E-state index is 14.1. The average Bonchev–Trinajstić information content (AvgIpc) is 3.48. The van der Waals surface area contributed by atoms with Crippen LogP contribution in [0.25, 0.3) is 26.4 Å². The van der Waals surface area contributed by atoms with Crippen LogP contribution >= 0.6 is 22.9 Å². The summed E-state index contributed by atoms with van der Waals surface area (Å²) in [5.41, 5.74) is 0.311. The first-order valence-electron chi connectivity index (χ1n) is 18.2. The molecule has 2 aromatic heterocycles. The van der Waals surface area contributed by atoms with Crippen LogP contribution in [0.4, 0.5) is 4.79 Å². The van der Waals surface area contributed by atoms with Crippen molar-refractivity contribution in [3.05, 3.63) is 57.9 Å². The van der Waals surface area contributed by atoms with Crippen LogP contribution in [0.1, 0.15) is 70.4 Å². The standard InChI is InChI=1S/C37H45ClN8O7S2/c1-22(2)27-21-54-34(41-27)26-19-29(24-13-14-28(52-5)31(38)32(24)40-26)53-18-15-25-33(47)43-37(35(48)44-55(50,51)46-17-10-12-30(46)39-3)20-23(37)11-8-6-7-9-16-45(4)36(49)42-25/h8,11,13-14,19,21-23,25,30H,6-7,9-10,12,15-18,20H2,1-2,4-5H3,(H,42,49)(H,43,47)(H,44,48)/t23-,25+,30+,37-/m1/s1. The molecule has 0 bridgehead atoms. The molecule has 4 heterocycles. The van der Waals surface area contributed by atoms with Gasteiger partial charge in [0.2, 0.25) is 5.91 Å². The molecule has 2 aliphatic heterocycles. The molecule has 3 aliphatic rings. The summed E-state index contributed by atoms with van der Waals surface area (Å²) in [4.78, 5) is 55.8. The van der Waals surface area contributed by atoms with Crippen molar-refractivity contribution in [3.8, 4) is 22.2 Å². The summed E-state index contributed by atoms with van der Waals surface area (Å²) in [5.74, 6) is -0.996. The lowest BCUT2D eigenvalue weighted by Gasteiger charge is -2.26. The van der Waals surface area contributed by atoms with Crippen LogP contribution < -0.4 is 24.8 Å². The normalized spacial score (nSPS) is 23.7. The molecule has 2 fully saturated rings. The minimum Gasteiger partial charge on any atom is -0.495 e. The molecule has 6 rings (SSSR count). The van der Waals surface area contributed by atoms with Crippen molar-refractivity contribution >= 4 is 61.9 Å². The Morgan fingerprint density at radius 3 is 2.73 bits per heavy atom. The van der Waals surface area contributed by atoms with E-state index in [1.165, 1.54) is 23.3 Å². The molecular weight excluding hydrogens is 768 g/mol. The van der Waals surface area contributed by atoms with E-state index < -0.39 is 51.7 Å². The van der Waals surface area contributed by atoms with Crippen LogP contribution in [-0.4, -0.2) is 97.0 Å². The van der Waals surface area contributed by atoms with E-state index in [4.69, 9.17) is 37.6 Å². The van der Waals surface area contributed by atoms with Crippen LogP contribution in [0.5, 0.6) is 11.5 Å². The van der Waals surface area contributed by atoms with Gasteiger partial charge >= 0.3 is 16.2 Å². The van der Waals surface area contributed by atoms with Gasteiger partial charge in [0.15, 0.2) is 0 Å². The van der Waals surface area contributed by atoms with E-state index in [-0.39, 0.29) is 31.9 Å². The maximum Gasteiger partial charge on any atom is 0.317 e. The SMILES string of the molecule is [C-]#[N+][C@@H]1CCCN1S(=O)(=O)NC(=O)[C@@]12C[C@H]1C=CCCCCN(C)C(=O)N[C@@H](CCOc1cc(-c3nc(C(C)C)cs3)nc3c(Cl)c(OC)ccc13)C(=O)N2. The number of thiazole rings is 1. The second kappa shape index (κ2) is 16.7. The van der Waals surface area contributed by atoms with Crippen LogP contribution in [0.3, 0.4) is 0 Å². The van der Waals surface area contributed by atoms with Crippen molar-refractivity contribution in [2.24, 2.45) is 5.92 Å². The molecule has 0 radical (unpaired) electrons. The zero-order valence-electron chi connectivity index (χ0n) is 31.1. The molecule has 1 aromatic carbocycles. The number of ether oxygens (including phenoxy) is 2. The lowest BCUT2D eigenvalue weighted by molar-refractivity contribution is -0.130. The largest absolute Gasteiger partial charge is 0.495 e. The minimum absolute atomic E-state index is 0.0137. The molecule has 55 heavy (non-hydrogen) atoms. The number of aromatic nitrogens is 2. The second-order valence-corrected chi connectivity index (χ2v) is 17.1. The molecular formula is C37H45ClN8O7S2. The number of hydrogen-bond acceptors (Lipinski definition) is 10. The Kier molecular flexibility index (Phi) is 12.2. The molecule has 0 unspecified atom stereocenters. The molecule has 15 nitrogen and oxygen atoms in total. The highest BCUT2D eigenvalue weighted by atomic mass is 35.5. The predicted octanol–water partition coefficient (Wildman–Crippen LogP) is 5.24. The highest BCUT2D eigenvalue weighted by Gasteiger charge is 2.61. The first kappa shape index (κ1) is 40.2. The number of carbonyl (C=O) groups is 3. The number of halogens is 1. The molecule has 1 aliphatic carbocycles. The van der Waals surface area contributed by atoms with Gasteiger partial charge in [-0.25, -0.2) is 26.1 Å². The average molecular weight is 813 g/mol. The third-order valence-corrected chi connectivity index (χ3v) is 12.9. The molecule has 18 heteroatoms. The van der Waals surface area contributed by atoms with Gasteiger partial charge in [-0.15, -0.1) is 15.6 Å². The third kappa shape index (κ3) is 8.67. The Labute approximate surface area is 329 Å². The van der Waals surface area contributed by atoms with E-state index in [0.717, 1.165) is 16.4 Å². The second-order valence-electron chi connectivity index (χ2n) is 14.3. The molecule has 0 spiro atoms. The fourth-order valence-corrected chi connectivity index (χ4v) is 9.34. The summed E-state index contributed by atoms with van der Waals surface area (Å²) in [6, 6.07) is 3.59. The highest BCUT2D eigenvalue weighted by Crippen LogP contribution is 2.46. The van der Waals surface area contributed by atoms with Gasteiger partial charge in [-0.3, -0.25) is 14.4 Å². The van der Waals surface area contributed by atoms with Crippen molar-refractivity contribution in [3.63, 3.8) is 0 Å². The number of nitrogens with one attached hydrogen (secondary N) is 3. The van der Waals surface area contributed by atoms with Gasteiger partial charge in [0.1, 0.15) is 38.8 Å². The van der Waals surface area contributed by atoms with E-state index in [1.54, 1.807) is 25.2 Å². The van der Waals surface area contributed by atoms with Gasteiger partial charge in [-0.1, -0.05) is 37.6 Å². The van der Waals surface area contributed by atoms with Gasteiger partial charge < -0.3 is 25.0 Å². The van der Waals surface area contributed by atoms with Crippen LogP contribution in [-0.2, 0) is 19.8 Å². The van der Waals surface area contributed by atoms with Gasteiger partial charge in [-0.05, 0) is 50.2 Å². The first-order chi connectivity index (χ1) is 26.3. The number of urea groups is 1. The Morgan fingerprint density at radius 1 is 1.20 bits per heavy atom. The summed E-state index contributed by atoms with van der Waals surface area (Å²) < 4.78 is 41.5. The van der Waals surface area contributed by atoms with E-state index >= 15 is 0 Å². The Bertz CT molecular complexity index is 2140. The zero-order chi connectivity index (χ0) is 39.5. The number of rotatable bonds is 10. The van der Waals surface area contributed by atoms with Crippen LogP contribution in [0.15, 0.2) is 35.7 Å². The fourth-order valence-electron chi connectivity index (χ4n) is 6.74. The van der Waals surface area contributed by atoms with Crippen LogP contribution in [0.2, 0.25) is 5.02 Å². The predicted molar refractivity (Wildman–Crippen MR) is 209 cm³/mol. The third-order valence-electron chi connectivity index (χ3n) is 10.1. The number of amides is 4. The minimum atomic E-state index is -4.36. The van der Waals surface area contributed by atoms with Gasteiger partial charge in [0.25, 0.3) is 12.1 Å². The molecule has 4 amide bonds. The number of nitrogens with zero attached hydrogens (tertiary/aromatic N) is 5. The quantitative estimate of drug-likeness (QED) is 0.183. The number of benzene rings is 1. The van der Waals surface area contributed by atoms with Gasteiger partial charge in [0.05, 0.1) is 24.9 Å². The lowest BCUT2D eigenvalue weighted by Crippen LogP contribution is -2.59. The Balaban J connectivity index is 1.27. The number of methoxy groups -OCH3 is 1.